The summed E-state index contributed by atoms with van der Waals surface area (Å²) in [4.78, 5) is 13.1. The minimum absolute atomic E-state index is 0.115. The number of hydrogen-bond donors (Lipinski definition) is 1. The van der Waals surface area contributed by atoms with E-state index in [1.807, 2.05) is 63.2 Å². The predicted molar refractivity (Wildman–Crippen MR) is 124 cm³/mol. The first-order valence-electron chi connectivity index (χ1n) is 10.4. The summed E-state index contributed by atoms with van der Waals surface area (Å²) >= 11 is 0. The van der Waals surface area contributed by atoms with E-state index < -0.39 is 10.0 Å². The number of carbonyl (C=O) groups excluding carboxylic acids is 1. The lowest BCUT2D eigenvalue weighted by Gasteiger charge is -2.24. The number of amides is 1. The standard InChI is InChI=1S/C25H26N2O3S/c1-4-19-11-7-9-17(2)24(19)26-25(28)21-12-8-13-22(16-21)31(29,30)27-18(3)15-20-10-5-6-14-23(20)27/h5-14,16,18H,4,15H2,1-3H3,(H,26,28). The van der Waals surface area contributed by atoms with Crippen molar-refractivity contribution in [3.05, 3.63) is 89.0 Å². The van der Waals surface area contributed by atoms with Gasteiger partial charge in [-0.25, -0.2) is 8.42 Å². The van der Waals surface area contributed by atoms with E-state index in [1.54, 1.807) is 18.2 Å². The molecule has 6 heteroatoms. The van der Waals surface area contributed by atoms with E-state index in [2.05, 4.69) is 5.32 Å². The fraction of sp³-hybridized carbons (Fsp3) is 0.240. The molecule has 4 rings (SSSR count). The first-order chi connectivity index (χ1) is 14.8. The molecular weight excluding hydrogens is 408 g/mol. The molecule has 0 aliphatic carbocycles. The number of nitrogens with zero attached hydrogens (tertiary/aromatic N) is 1. The summed E-state index contributed by atoms with van der Waals surface area (Å²) in [6.45, 7) is 5.88. The van der Waals surface area contributed by atoms with Gasteiger partial charge in [-0.05, 0) is 67.6 Å². The van der Waals surface area contributed by atoms with Gasteiger partial charge in [0.25, 0.3) is 15.9 Å². The van der Waals surface area contributed by atoms with Crippen molar-refractivity contribution in [2.24, 2.45) is 0 Å². The topological polar surface area (TPSA) is 66.5 Å². The highest BCUT2D eigenvalue weighted by Gasteiger charge is 2.36. The fourth-order valence-electron chi connectivity index (χ4n) is 4.20. The Labute approximate surface area is 183 Å². The van der Waals surface area contributed by atoms with E-state index in [4.69, 9.17) is 0 Å². The minimum atomic E-state index is -3.80. The van der Waals surface area contributed by atoms with Gasteiger partial charge < -0.3 is 5.32 Å². The van der Waals surface area contributed by atoms with Crippen molar-refractivity contribution in [3.8, 4) is 0 Å². The average Bonchev–Trinajstić information content (AvgIpc) is 3.11. The van der Waals surface area contributed by atoms with E-state index in [9.17, 15) is 13.2 Å². The lowest BCUT2D eigenvalue weighted by atomic mass is 10.1. The van der Waals surface area contributed by atoms with Gasteiger partial charge in [0.05, 0.1) is 10.6 Å². The van der Waals surface area contributed by atoms with Gasteiger partial charge in [-0.15, -0.1) is 0 Å². The summed E-state index contributed by atoms with van der Waals surface area (Å²) in [5, 5.41) is 2.97. The molecule has 0 fully saturated rings. The van der Waals surface area contributed by atoms with Crippen LogP contribution in [0.4, 0.5) is 11.4 Å². The predicted octanol–water partition coefficient (Wildman–Crippen LogP) is 4.95. The lowest BCUT2D eigenvalue weighted by molar-refractivity contribution is 0.102. The number of sulfonamides is 1. The Morgan fingerprint density at radius 1 is 1.06 bits per heavy atom. The van der Waals surface area contributed by atoms with Crippen LogP contribution in [0.1, 0.15) is 40.9 Å². The maximum absolute atomic E-state index is 13.5. The Kier molecular flexibility index (Phi) is 5.58. The van der Waals surface area contributed by atoms with E-state index >= 15 is 0 Å². The van der Waals surface area contributed by atoms with Crippen LogP contribution in [0.3, 0.4) is 0 Å². The normalized spacial score (nSPS) is 15.6. The van der Waals surface area contributed by atoms with Gasteiger partial charge in [0.2, 0.25) is 0 Å². The summed E-state index contributed by atoms with van der Waals surface area (Å²) in [7, 11) is -3.80. The second-order valence-corrected chi connectivity index (χ2v) is 9.74. The number of hydrogen-bond acceptors (Lipinski definition) is 3. The minimum Gasteiger partial charge on any atom is -0.321 e. The molecule has 0 spiro atoms. The number of fused-ring (bicyclic) bond motifs is 1. The molecule has 160 valence electrons. The molecule has 1 heterocycles. The van der Waals surface area contributed by atoms with Gasteiger partial charge in [0.1, 0.15) is 0 Å². The van der Waals surface area contributed by atoms with Crippen molar-refractivity contribution in [1.82, 2.24) is 0 Å². The highest BCUT2D eigenvalue weighted by atomic mass is 32.2. The number of anilines is 2. The SMILES string of the molecule is CCc1cccc(C)c1NC(=O)c1cccc(S(=O)(=O)N2c3ccccc3CC2C)c1. The summed E-state index contributed by atoms with van der Waals surface area (Å²) in [6, 6.07) is 19.5. The number of rotatable bonds is 5. The molecular formula is C25H26N2O3S. The number of aryl methyl sites for hydroxylation is 2. The zero-order valence-electron chi connectivity index (χ0n) is 17.9. The Hall–Kier alpha value is -3.12. The number of para-hydroxylation sites is 2. The van der Waals surface area contributed by atoms with Crippen LogP contribution in [0.5, 0.6) is 0 Å². The molecule has 1 amide bonds. The van der Waals surface area contributed by atoms with Crippen LogP contribution >= 0.6 is 0 Å². The molecule has 3 aromatic rings. The molecule has 1 aliphatic heterocycles. The van der Waals surface area contributed by atoms with E-state index in [-0.39, 0.29) is 16.8 Å². The first kappa shape index (κ1) is 21.1. The third kappa shape index (κ3) is 3.83. The Bertz CT molecular complexity index is 1250. The molecule has 3 aromatic carbocycles. The summed E-state index contributed by atoms with van der Waals surface area (Å²) in [6.07, 6.45) is 1.46. The zero-order valence-corrected chi connectivity index (χ0v) is 18.7. The van der Waals surface area contributed by atoms with Crippen LogP contribution in [0.15, 0.2) is 71.6 Å². The Balaban J connectivity index is 1.67. The molecule has 1 N–H and O–H groups in total. The Morgan fingerprint density at radius 2 is 1.81 bits per heavy atom. The van der Waals surface area contributed by atoms with Gasteiger partial charge in [0, 0.05) is 17.3 Å². The number of nitrogens with one attached hydrogen (secondary N) is 1. The van der Waals surface area contributed by atoms with Crippen molar-refractivity contribution >= 4 is 27.3 Å². The summed E-state index contributed by atoms with van der Waals surface area (Å²) in [5.41, 5.74) is 4.83. The lowest BCUT2D eigenvalue weighted by Crippen LogP contribution is -2.35. The molecule has 5 nitrogen and oxygen atoms in total. The van der Waals surface area contributed by atoms with Crippen molar-refractivity contribution in [2.45, 2.75) is 44.6 Å². The van der Waals surface area contributed by atoms with E-state index in [0.717, 1.165) is 28.8 Å². The first-order valence-corrected chi connectivity index (χ1v) is 11.9. The highest BCUT2D eigenvalue weighted by Crippen LogP contribution is 2.36. The maximum Gasteiger partial charge on any atom is 0.264 e. The molecule has 0 radical (unpaired) electrons. The van der Waals surface area contributed by atoms with Crippen molar-refractivity contribution < 1.29 is 13.2 Å². The second-order valence-electron chi connectivity index (χ2n) is 7.93. The van der Waals surface area contributed by atoms with Crippen molar-refractivity contribution in [2.75, 3.05) is 9.62 Å². The Morgan fingerprint density at radius 3 is 2.58 bits per heavy atom. The monoisotopic (exact) mass is 434 g/mol. The van der Waals surface area contributed by atoms with Crippen LogP contribution < -0.4 is 9.62 Å². The average molecular weight is 435 g/mol. The van der Waals surface area contributed by atoms with Crippen LogP contribution in [0.2, 0.25) is 0 Å². The number of carbonyl (C=O) groups is 1. The largest absolute Gasteiger partial charge is 0.321 e. The quantitative estimate of drug-likeness (QED) is 0.618. The van der Waals surface area contributed by atoms with Gasteiger partial charge in [-0.2, -0.15) is 0 Å². The molecule has 31 heavy (non-hydrogen) atoms. The van der Waals surface area contributed by atoms with Gasteiger partial charge in [-0.3, -0.25) is 9.10 Å². The van der Waals surface area contributed by atoms with Crippen LogP contribution in [0.25, 0.3) is 0 Å². The second kappa shape index (κ2) is 8.19. The smallest absolute Gasteiger partial charge is 0.264 e. The zero-order chi connectivity index (χ0) is 22.2. The number of benzene rings is 3. The third-order valence-electron chi connectivity index (χ3n) is 5.78. The van der Waals surface area contributed by atoms with Crippen molar-refractivity contribution in [3.63, 3.8) is 0 Å². The van der Waals surface area contributed by atoms with Crippen LogP contribution in [-0.4, -0.2) is 20.4 Å². The molecule has 0 saturated heterocycles. The summed E-state index contributed by atoms with van der Waals surface area (Å²) in [5.74, 6) is -0.323. The van der Waals surface area contributed by atoms with Gasteiger partial charge in [0.15, 0.2) is 0 Å². The molecule has 1 unspecified atom stereocenters. The molecule has 0 aromatic heterocycles. The molecule has 0 bridgehead atoms. The van der Waals surface area contributed by atoms with Crippen molar-refractivity contribution in [1.29, 1.82) is 0 Å². The van der Waals surface area contributed by atoms with E-state index in [0.29, 0.717) is 17.7 Å². The maximum atomic E-state index is 13.5. The molecule has 0 saturated carbocycles. The van der Waals surface area contributed by atoms with Crippen LogP contribution in [0, 0.1) is 6.92 Å². The third-order valence-corrected chi connectivity index (χ3v) is 7.70. The summed E-state index contributed by atoms with van der Waals surface area (Å²) < 4.78 is 28.4. The molecule has 1 aliphatic rings. The highest BCUT2D eigenvalue weighted by molar-refractivity contribution is 7.92. The molecule has 1 atom stereocenters. The van der Waals surface area contributed by atoms with Gasteiger partial charge >= 0.3 is 0 Å². The fourth-order valence-corrected chi connectivity index (χ4v) is 5.94. The van der Waals surface area contributed by atoms with Gasteiger partial charge in [-0.1, -0.05) is 49.4 Å². The van der Waals surface area contributed by atoms with E-state index in [1.165, 1.54) is 10.4 Å². The van der Waals surface area contributed by atoms with Crippen LogP contribution in [-0.2, 0) is 22.9 Å².